The summed E-state index contributed by atoms with van der Waals surface area (Å²) in [5.41, 5.74) is 2.72. The lowest BCUT2D eigenvalue weighted by Crippen LogP contribution is -2.37. The van der Waals surface area contributed by atoms with Crippen LogP contribution in [0.25, 0.3) is 5.65 Å². The Morgan fingerprint density at radius 3 is 2.80 bits per heavy atom. The Balaban J connectivity index is 1.24. The van der Waals surface area contributed by atoms with E-state index >= 15 is 0 Å². The van der Waals surface area contributed by atoms with Crippen LogP contribution < -0.4 is 10.2 Å². The van der Waals surface area contributed by atoms with Crippen molar-refractivity contribution in [3.63, 3.8) is 0 Å². The SMILES string of the molecule is CC(I)c1nn(C2CCC(CI)CC2)cc1NC(=O)c1cnn2ccc(N3C[C@H]4C[C@@H]3CO4)nc12. The smallest absolute Gasteiger partial charge is 0.261 e. The van der Waals surface area contributed by atoms with Gasteiger partial charge in [-0.05, 0) is 51.0 Å². The maximum atomic E-state index is 13.4. The van der Waals surface area contributed by atoms with Crippen LogP contribution >= 0.6 is 45.2 Å². The second kappa shape index (κ2) is 9.77. The van der Waals surface area contributed by atoms with Crippen molar-refractivity contribution in [3.8, 4) is 0 Å². The van der Waals surface area contributed by atoms with E-state index in [-0.39, 0.29) is 15.9 Å². The predicted octanol–water partition coefficient (Wildman–Crippen LogP) is 4.82. The molecule has 35 heavy (non-hydrogen) atoms. The summed E-state index contributed by atoms with van der Waals surface area (Å²) < 4.78 is 10.9. The molecular weight excluding hydrogens is 672 g/mol. The Labute approximate surface area is 231 Å². The lowest BCUT2D eigenvalue weighted by molar-refractivity contribution is 0.0988. The normalized spacial score (nSPS) is 27.0. The number of nitrogens with one attached hydrogen (secondary N) is 1. The molecule has 2 saturated heterocycles. The molecule has 0 spiro atoms. The molecular formula is C24H29I2N7O2. The van der Waals surface area contributed by atoms with E-state index in [1.54, 1.807) is 10.7 Å². The number of morpholine rings is 1. The highest BCUT2D eigenvalue weighted by Gasteiger charge is 2.39. The van der Waals surface area contributed by atoms with Crippen LogP contribution in [0.5, 0.6) is 0 Å². The van der Waals surface area contributed by atoms with Crippen LogP contribution in [0, 0.1) is 5.92 Å². The fraction of sp³-hybridized carbons (Fsp3) is 0.583. The zero-order chi connectivity index (χ0) is 24.1. The van der Waals surface area contributed by atoms with Crippen LogP contribution in [0.3, 0.4) is 0 Å². The topological polar surface area (TPSA) is 89.6 Å². The van der Waals surface area contributed by atoms with Crippen LogP contribution in [-0.4, -0.2) is 60.0 Å². The Morgan fingerprint density at radius 2 is 2.11 bits per heavy atom. The third-order valence-corrected chi connectivity index (χ3v) is 9.42. The van der Waals surface area contributed by atoms with Crippen molar-refractivity contribution in [2.75, 3.05) is 27.8 Å². The van der Waals surface area contributed by atoms with Crippen molar-refractivity contribution in [2.24, 2.45) is 5.92 Å². The van der Waals surface area contributed by atoms with Crippen molar-refractivity contribution in [2.45, 2.75) is 61.1 Å². The van der Waals surface area contributed by atoms with E-state index in [9.17, 15) is 4.79 Å². The van der Waals surface area contributed by atoms with Crippen LogP contribution in [0.2, 0.25) is 0 Å². The number of anilines is 2. The lowest BCUT2D eigenvalue weighted by atomic mass is 9.87. The summed E-state index contributed by atoms with van der Waals surface area (Å²) in [6.45, 7) is 3.69. The largest absolute Gasteiger partial charge is 0.374 e. The molecule has 1 aliphatic carbocycles. The highest BCUT2D eigenvalue weighted by molar-refractivity contribution is 14.1. The molecule has 186 valence electrons. The molecule has 1 unspecified atom stereocenters. The molecule has 3 aromatic heterocycles. The van der Waals surface area contributed by atoms with Crippen LogP contribution in [-0.2, 0) is 4.74 Å². The molecule has 1 amide bonds. The fourth-order valence-corrected chi connectivity index (χ4v) is 6.94. The fourth-order valence-electron chi connectivity index (χ4n) is 5.60. The minimum absolute atomic E-state index is 0.177. The average molecular weight is 701 g/mol. The number of alkyl halides is 2. The number of carbonyl (C=O) groups is 1. The molecule has 1 saturated carbocycles. The average Bonchev–Trinajstić information content (AvgIpc) is 3.66. The Kier molecular flexibility index (Phi) is 6.67. The van der Waals surface area contributed by atoms with Crippen LogP contribution in [0.1, 0.15) is 65.0 Å². The van der Waals surface area contributed by atoms with Gasteiger partial charge >= 0.3 is 0 Å². The monoisotopic (exact) mass is 701 g/mol. The summed E-state index contributed by atoms with van der Waals surface area (Å²) in [5, 5.41) is 12.4. The van der Waals surface area contributed by atoms with Gasteiger partial charge in [0.1, 0.15) is 11.4 Å². The number of hydrogen-bond acceptors (Lipinski definition) is 6. The van der Waals surface area contributed by atoms with Crippen molar-refractivity contribution < 1.29 is 9.53 Å². The van der Waals surface area contributed by atoms with E-state index in [0.29, 0.717) is 23.3 Å². The molecule has 5 heterocycles. The highest BCUT2D eigenvalue weighted by Crippen LogP contribution is 2.36. The van der Waals surface area contributed by atoms with E-state index < -0.39 is 0 Å². The van der Waals surface area contributed by atoms with Gasteiger partial charge in [-0.25, -0.2) is 9.50 Å². The van der Waals surface area contributed by atoms with Gasteiger partial charge in [0.15, 0.2) is 5.65 Å². The number of amides is 1. The summed E-state index contributed by atoms with van der Waals surface area (Å²) in [4.78, 5) is 20.5. The second-order valence-electron chi connectivity index (χ2n) is 9.92. The van der Waals surface area contributed by atoms with Gasteiger partial charge in [0.2, 0.25) is 0 Å². The summed E-state index contributed by atoms with van der Waals surface area (Å²) in [5.74, 6) is 1.49. The summed E-state index contributed by atoms with van der Waals surface area (Å²) in [7, 11) is 0. The van der Waals surface area contributed by atoms with Gasteiger partial charge in [0, 0.05) is 23.4 Å². The summed E-state index contributed by atoms with van der Waals surface area (Å²) >= 11 is 4.86. The number of ether oxygens (including phenoxy) is 1. The highest BCUT2D eigenvalue weighted by atomic mass is 127. The predicted molar refractivity (Wildman–Crippen MR) is 151 cm³/mol. The molecule has 6 rings (SSSR count). The van der Waals surface area contributed by atoms with Crippen molar-refractivity contribution in [1.82, 2.24) is 24.4 Å². The number of hydrogen-bond donors (Lipinski definition) is 1. The van der Waals surface area contributed by atoms with Crippen molar-refractivity contribution in [3.05, 3.63) is 35.9 Å². The van der Waals surface area contributed by atoms with Gasteiger partial charge < -0.3 is 15.0 Å². The minimum atomic E-state index is -0.206. The van der Waals surface area contributed by atoms with E-state index in [1.165, 1.54) is 17.3 Å². The molecule has 11 heteroatoms. The maximum absolute atomic E-state index is 13.4. The molecule has 2 aliphatic heterocycles. The molecule has 3 aliphatic rings. The van der Waals surface area contributed by atoms with Gasteiger partial charge in [-0.1, -0.05) is 45.2 Å². The third kappa shape index (κ3) is 4.56. The zero-order valence-electron chi connectivity index (χ0n) is 19.6. The van der Waals surface area contributed by atoms with Gasteiger partial charge in [-0.15, -0.1) is 0 Å². The van der Waals surface area contributed by atoms with Gasteiger partial charge in [-0.2, -0.15) is 10.2 Å². The van der Waals surface area contributed by atoms with E-state index in [2.05, 4.69) is 72.1 Å². The molecule has 2 bridgehead atoms. The Morgan fingerprint density at radius 1 is 1.29 bits per heavy atom. The number of rotatable bonds is 6. The quantitative estimate of drug-likeness (QED) is 0.293. The number of nitrogens with zero attached hydrogens (tertiary/aromatic N) is 6. The Hall–Kier alpha value is -1.48. The van der Waals surface area contributed by atoms with Crippen molar-refractivity contribution >= 4 is 68.2 Å². The molecule has 9 nitrogen and oxygen atoms in total. The third-order valence-electron chi connectivity index (χ3n) is 7.59. The van der Waals surface area contributed by atoms with Crippen LogP contribution in [0.15, 0.2) is 24.7 Å². The van der Waals surface area contributed by atoms with Gasteiger partial charge in [-0.3, -0.25) is 9.48 Å². The van der Waals surface area contributed by atoms with E-state index in [0.717, 1.165) is 55.5 Å². The summed E-state index contributed by atoms with van der Waals surface area (Å²) in [6.07, 6.45) is 11.6. The standard InChI is InChI=1S/C24H29I2N7O2/c1-14(26)22-20(12-33(30-22)16-4-2-15(9-25)3-5-16)28-24(34)19-10-27-32-7-6-21(29-23(19)32)31-11-18-8-17(31)13-35-18/h6-7,10,12,14-18H,2-5,8-9,11,13H2,1H3,(H,28,34)/t14?,15?,16?,17-,18-/m1/s1. The number of halogens is 2. The van der Waals surface area contributed by atoms with Gasteiger partial charge in [0.25, 0.3) is 5.91 Å². The Bertz CT molecular complexity index is 1230. The first-order valence-corrected chi connectivity index (χ1v) is 15.1. The summed E-state index contributed by atoms with van der Waals surface area (Å²) in [6, 6.07) is 2.73. The first-order chi connectivity index (χ1) is 17.0. The molecule has 3 fully saturated rings. The number of aromatic nitrogens is 5. The van der Waals surface area contributed by atoms with E-state index in [1.807, 2.05) is 18.5 Å². The van der Waals surface area contributed by atoms with E-state index in [4.69, 9.17) is 14.8 Å². The molecule has 1 N–H and O–H groups in total. The molecule has 0 radical (unpaired) electrons. The number of fused-ring (bicyclic) bond motifs is 3. The van der Waals surface area contributed by atoms with Crippen LogP contribution in [0.4, 0.5) is 11.5 Å². The van der Waals surface area contributed by atoms with Crippen molar-refractivity contribution in [1.29, 1.82) is 0 Å². The lowest BCUT2D eigenvalue weighted by Gasteiger charge is -2.27. The second-order valence-corrected chi connectivity index (χ2v) is 12.7. The number of carbonyl (C=O) groups excluding carboxylic acids is 1. The first kappa shape index (κ1) is 23.9. The molecule has 3 atom stereocenters. The molecule has 3 aromatic rings. The zero-order valence-corrected chi connectivity index (χ0v) is 23.9. The first-order valence-electron chi connectivity index (χ1n) is 12.3. The molecule has 0 aromatic carbocycles. The minimum Gasteiger partial charge on any atom is -0.374 e. The van der Waals surface area contributed by atoms with Gasteiger partial charge in [0.05, 0.1) is 46.3 Å². The maximum Gasteiger partial charge on any atom is 0.261 e.